The van der Waals surface area contributed by atoms with Gasteiger partial charge in [0, 0.05) is 6.54 Å². The van der Waals surface area contributed by atoms with Crippen molar-refractivity contribution in [2.75, 3.05) is 26.2 Å². The number of rotatable bonds is 7. The molecule has 19 heavy (non-hydrogen) atoms. The van der Waals surface area contributed by atoms with Gasteiger partial charge in [-0.25, -0.2) is 4.39 Å². The molecule has 0 saturated heterocycles. The second-order valence-electron chi connectivity index (χ2n) is 4.00. The number of hydrogen-bond acceptors (Lipinski definition) is 4. The van der Waals surface area contributed by atoms with Crippen LogP contribution in [-0.4, -0.2) is 42.2 Å². The summed E-state index contributed by atoms with van der Waals surface area (Å²) < 4.78 is 18.7. The van der Waals surface area contributed by atoms with Crippen LogP contribution in [0.2, 0.25) is 0 Å². The molecule has 0 radical (unpaired) electrons. The van der Waals surface area contributed by atoms with Gasteiger partial charge >= 0.3 is 0 Å². The summed E-state index contributed by atoms with van der Waals surface area (Å²) in [7, 11) is 0. The molecule has 0 bridgehead atoms. The van der Waals surface area contributed by atoms with E-state index in [2.05, 4.69) is 23.9 Å². The van der Waals surface area contributed by atoms with E-state index in [-0.39, 0.29) is 11.4 Å². The summed E-state index contributed by atoms with van der Waals surface area (Å²) in [5, 5.41) is 11.5. The maximum atomic E-state index is 13.1. The lowest BCUT2D eigenvalue weighted by atomic mass is 10.2. The first-order valence-electron chi connectivity index (χ1n) is 6.24. The van der Waals surface area contributed by atoms with Crippen LogP contribution in [-0.2, 0) is 0 Å². The summed E-state index contributed by atoms with van der Waals surface area (Å²) in [6.07, 6.45) is 0. The van der Waals surface area contributed by atoms with Crippen molar-refractivity contribution in [3.05, 3.63) is 29.6 Å². The van der Waals surface area contributed by atoms with Crippen LogP contribution in [0, 0.1) is 5.82 Å². The normalized spacial score (nSPS) is 11.9. The number of nitrogens with two attached hydrogens (primary N) is 1. The fourth-order valence-electron chi connectivity index (χ4n) is 1.71. The van der Waals surface area contributed by atoms with Gasteiger partial charge in [-0.05, 0) is 31.3 Å². The first-order chi connectivity index (χ1) is 9.12. The molecule has 6 heteroatoms. The molecule has 1 aromatic rings. The maximum Gasteiger partial charge on any atom is 0.173 e. The molecule has 0 aliphatic rings. The van der Waals surface area contributed by atoms with Gasteiger partial charge < -0.3 is 20.6 Å². The lowest BCUT2D eigenvalue weighted by Crippen LogP contribution is -2.28. The van der Waals surface area contributed by atoms with Crippen LogP contribution in [0.15, 0.2) is 23.4 Å². The Kier molecular flexibility index (Phi) is 6.08. The Balaban J connectivity index is 2.73. The van der Waals surface area contributed by atoms with Crippen molar-refractivity contribution in [2.24, 2.45) is 10.9 Å². The third-order valence-corrected chi connectivity index (χ3v) is 2.88. The second kappa shape index (κ2) is 7.58. The molecule has 0 saturated carbocycles. The predicted molar refractivity (Wildman–Crippen MR) is 72.2 cm³/mol. The average Bonchev–Trinajstić information content (AvgIpc) is 2.44. The molecule has 3 N–H and O–H groups in total. The Bertz CT molecular complexity index is 434. The van der Waals surface area contributed by atoms with Crippen molar-refractivity contribution in [1.82, 2.24) is 4.90 Å². The lowest BCUT2D eigenvalue weighted by Gasteiger charge is -2.18. The van der Waals surface area contributed by atoms with Crippen LogP contribution in [0.1, 0.15) is 19.4 Å². The molecule has 0 spiro atoms. The van der Waals surface area contributed by atoms with Crippen molar-refractivity contribution in [1.29, 1.82) is 0 Å². The van der Waals surface area contributed by atoms with Crippen LogP contribution in [0.3, 0.4) is 0 Å². The van der Waals surface area contributed by atoms with Gasteiger partial charge in [0.2, 0.25) is 0 Å². The van der Waals surface area contributed by atoms with Gasteiger partial charge in [-0.3, -0.25) is 0 Å². The van der Waals surface area contributed by atoms with Crippen molar-refractivity contribution >= 4 is 5.84 Å². The molecular weight excluding hydrogens is 249 g/mol. The third-order valence-electron chi connectivity index (χ3n) is 2.88. The average molecular weight is 269 g/mol. The van der Waals surface area contributed by atoms with E-state index < -0.39 is 5.82 Å². The van der Waals surface area contributed by atoms with E-state index in [1.54, 1.807) is 0 Å². The standard InChI is InChI=1S/C13H20FN3O2/c1-3-17(4-2)7-8-19-12-6-5-10(14)9-11(12)13(15)16-18/h5-6,9,18H,3-4,7-8H2,1-2H3,(H2,15,16). The van der Waals surface area contributed by atoms with E-state index in [1.807, 2.05) is 0 Å². The number of amidine groups is 1. The van der Waals surface area contributed by atoms with E-state index >= 15 is 0 Å². The van der Waals surface area contributed by atoms with E-state index in [0.29, 0.717) is 12.4 Å². The van der Waals surface area contributed by atoms with Gasteiger partial charge in [-0.1, -0.05) is 19.0 Å². The first-order valence-corrected chi connectivity index (χ1v) is 6.24. The van der Waals surface area contributed by atoms with Gasteiger partial charge in [0.1, 0.15) is 18.2 Å². The van der Waals surface area contributed by atoms with Gasteiger partial charge in [0.25, 0.3) is 0 Å². The zero-order valence-corrected chi connectivity index (χ0v) is 11.3. The summed E-state index contributed by atoms with van der Waals surface area (Å²) in [4.78, 5) is 2.20. The van der Waals surface area contributed by atoms with Gasteiger partial charge in [-0.2, -0.15) is 0 Å². The molecule has 0 aromatic heterocycles. The van der Waals surface area contributed by atoms with Crippen LogP contribution < -0.4 is 10.5 Å². The summed E-state index contributed by atoms with van der Waals surface area (Å²) in [6.45, 7) is 7.25. The molecule has 0 atom stereocenters. The Morgan fingerprint density at radius 2 is 2.11 bits per heavy atom. The highest BCUT2D eigenvalue weighted by Crippen LogP contribution is 2.19. The molecule has 106 valence electrons. The summed E-state index contributed by atoms with van der Waals surface area (Å²) in [5.41, 5.74) is 5.74. The highest BCUT2D eigenvalue weighted by atomic mass is 19.1. The summed E-state index contributed by atoms with van der Waals surface area (Å²) >= 11 is 0. The Labute approximate surface area is 112 Å². The molecule has 5 nitrogen and oxygen atoms in total. The molecule has 1 rings (SSSR count). The summed E-state index contributed by atoms with van der Waals surface area (Å²) in [6, 6.07) is 3.94. The third kappa shape index (κ3) is 4.40. The van der Waals surface area contributed by atoms with E-state index in [4.69, 9.17) is 15.7 Å². The largest absolute Gasteiger partial charge is 0.491 e. The van der Waals surface area contributed by atoms with Gasteiger partial charge in [0.15, 0.2) is 5.84 Å². The summed E-state index contributed by atoms with van der Waals surface area (Å²) in [5.74, 6) is -0.223. The molecule has 0 amide bonds. The molecule has 0 fully saturated rings. The number of oxime groups is 1. The SMILES string of the molecule is CCN(CC)CCOc1ccc(F)cc1/C(N)=N/O. The zero-order valence-electron chi connectivity index (χ0n) is 11.3. The minimum atomic E-state index is -0.460. The van der Waals surface area contributed by atoms with E-state index in [0.717, 1.165) is 19.6 Å². The van der Waals surface area contributed by atoms with Crippen molar-refractivity contribution < 1.29 is 14.3 Å². The van der Waals surface area contributed by atoms with Crippen molar-refractivity contribution in [3.63, 3.8) is 0 Å². The minimum Gasteiger partial charge on any atom is -0.491 e. The fraction of sp³-hybridized carbons (Fsp3) is 0.462. The lowest BCUT2D eigenvalue weighted by molar-refractivity contribution is 0.222. The smallest absolute Gasteiger partial charge is 0.173 e. The van der Waals surface area contributed by atoms with Crippen LogP contribution >= 0.6 is 0 Å². The monoisotopic (exact) mass is 269 g/mol. The number of benzene rings is 1. The predicted octanol–water partition coefficient (Wildman–Crippen LogP) is 1.64. The molecule has 1 aromatic carbocycles. The van der Waals surface area contributed by atoms with Gasteiger partial charge in [0.05, 0.1) is 5.56 Å². The minimum absolute atomic E-state index is 0.169. The molecule has 0 heterocycles. The number of likely N-dealkylation sites (N-methyl/N-ethyl adjacent to an activating group) is 1. The number of halogens is 1. The topological polar surface area (TPSA) is 71.1 Å². The van der Waals surface area contributed by atoms with Crippen LogP contribution in [0.4, 0.5) is 4.39 Å². The maximum absolute atomic E-state index is 13.1. The van der Waals surface area contributed by atoms with Crippen molar-refractivity contribution in [3.8, 4) is 5.75 Å². The zero-order chi connectivity index (χ0) is 14.3. The Hall–Kier alpha value is -1.82. The number of nitrogens with zero attached hydrogens (tertiary/aromatic N) is 2. The molecule has 0 unspecified atom stereocenters. The van der Waals surface area contributed by atoms with Gasteiger partial charge in [-0.15, -0.1) is 0 Å². The molecule has 0 aliphatic carbocycles. The molecular formula is C13H20FN3O2. The number of hydrogen-bond donors (Lipinski definition) is 2. The van der Waals surface area contributed by atoms with Crippen LogP contribution in [0.5, 0.6) is 5.75 Å². The Morgan fingerprint density at radius 3 is 2.68 bits per heavy atom. The molecule has 0 aliphatic heterocycles. The van der Waals surface area contributed by atoms with Crippen molar-refractivity contribution in [2.45, 2.75) is 13.8 Å². The Morgan fingerprint density at radius 1 is 1.42 bits per heavy atom. The quantitative estimate of drug-likeness (QED) is 0.342. The second-order valence-corrected chi connectivity index (χ2v) is 4.00. The fourth-order valence-corrected chi connectivity index (χ4v) is 1.71. The van der Waals surface area contributed by atoms with E-state index in [1.165, 1.54) is 18.2 Å². The highest BCUT2D eigenvalue weighted by molar-refractivity contribution is 5.99. The first kappa shape index (κ1) is 15.2. The number of ether oxygens (including phenoxy) is 1. The van der Waals surface area contributed by atoms with Crippen LogP contribution in [0.25, 0.3) is 0 Å². The van der Waals surface area contributed by atoms with E-state index in [9.17, 15) is 4.39 Å². The highest BCUT2D eigenvalue weighted by Gasteiger charge is 2.10.